The number of piperidine rings is 1. The third kappa shape index (κ3) is 2.90. The van der Waals surface area contributed by atoms with Gasteiger partial charge >= 0.3 is 0 Å². The summed E-state index contributed by atoms with van der Waals surface area (Å²) in [5.41, 5.74) is 8.33. The van der Waals surface area contributed by atoms with Crippen LogP contribution in [0.15, 0.2) is 24.3 Å². The second-order valence-electron chi connectivity index (χ2n) is 7.22. The number of hydrogen-bond acceptors (Lipinski definition) is 3. The fourth-order valence-corrected chi connectivity index (χ4v) is 3.67. The van der Waals surface area contributed by atoms with Crippen molar-refractivity contribution in [2.45, 2.75) is 39.2 Å². The van der Waals surface area contributed by atoms with Crippen LogP contribution in [-0.4, -0.2) is 43.0 Å². The van der Waals surface area contributed by atoms with E-state index >= 15 is 0 Å². The first kappa shape index (κ1) is 15.5. The predicted molar refractivity (Wildman–Crippen MR) is 89.9 cm³/mol. The van der Waals surface area contributed by atoms with Gasteiger partial charge in [0.05, 0.1) is 6.04 Å². The molecule has 0 saturated carbocycles. The Balaban J connectivity index is 1.74. The largest absolute Gasteiger partial charge is 0.330 e. The summed E-state index contributed by atoms with van der Waals surface area (Å²) in [4.78, 5) is 17.3. The van der Waals surface area contributed by atoms with E-state index in [9.17, 15) is 4.79 Å². The van der Waals surface area contributed by atoms with E-state index in [4.69, 9.17) is 5.73 Å². The Bertz CT molecular complexity index is 542. The molecule has 0 radical (unpaired) electrons. The number of amides is 1. The minimum absolute atomic E-state index is 0.0310. The van der Waals surface area contributed by atoms with Crippen LogP contribution in [0.1, 0.15) is 31.7 Å². The van der Waals surface area contributed by atoms with Gasteiger partial charge in [-0.1, -0.05) is 24.6 Å². The molecule has 2 atom stereocenters. The van der Waals surface area contributed by atoms with Crippen molar-refractivity contribution in [2.75, 3.05) is 31.1 Å². The highest BCUT2D eigenvalue weighted by Gasteiger charge is 2.41. The summed E-state index contributed by atoms with van der Waals surface area (Å²) in [7, 11) is 0. The van der Waals surface area contributed by atoms with Crippen molar-refractivity contribution in [1.82, 2.24) is 4.90 Å². The molecule has 2 saturated heterocycles. The van der Waals surface area contributed by atoms with Gasteiger partial charge in [0.1, 0.15) is 0 Å². The van der Waals surface area contributed by atoms with Gasteiger partial charge in [0.15, 0.2) is 0 Å². The van der Waals surface area contributed by atoms with Gasteiger partial charge in [-0.05, 0) is 56.8 Å². The molecular formula is C18H27N3O. The Kier molecular flexibility index (Phi) is 4.24. The normalized spacial score (nSPS) is 30.0. The molecule has 2 aliphatic heterocycles. The topological polar surface area (TPSA) is 49.6 Å². The number of rotatable bonds is 3. The van der Waals surface area contributed by atoms with Gasteiger partial charge in [-0.15, -0.1) is 0 Å². The highest BCUT2D eigenvalue weighted by Crippen LogP contribution is 2.33. The van der Waals surface area contributed by atoms with Gasteiger partial charge < -0.3 is 10.6 Å². The zero-order chi connectivity index (χ0) is 15.7. The minimum atomic E-state index is 0.0310. The lowest BCUT2D eigenvalue weighted by Gasteiger charge is -2.37. The molecule has 1 aromatic carbocycles. The number of hydrogen-bond donors (Lipinski definition) is 1. The molecule has 120 valence electrons. The van der Waals surface area contributed by atoms with E-state index in [2.05, 4.69) is 43.0 Å². The fraction of sp³-hybridized carbons (Fsp3) is 0.611. The number of carbonyl (C=O) groups excluding carboxylic acids is 1. The van der Waals surface area contributed by atoms with Gasteiger partial charge in [-0.3, -0.25) is 9.69 Å². The van der Waals surface area contributed by atoms with Crippen molar-refractivity contribution < 1.29 is 4.79 Å². The molecule has 1 amide bonds. The van der Waals surface area contributed by atoms with Crippen molar-refractivity contribution in [3.63, 3.8) is 0 Å². The van der Waals surface area contributed by atoms with Crippen LogP contribution in [-0.2, 0) is 4.79 Å². The smallest absolute Gasteiger partial charge is 0.244 e. The molecule has 2 heterocycles. The van der Waals surface area contributed by atoms with Gasteiger partial charge in [0, 0.05) is 18.8 Å². The number of carbonyl (C=O) groups is 1. The number of anilines is 1. The zero-order valence-corrected chi connectivity index (χ0v) is 13.7. The van der Waals surface area contributed by atoms with E-state index in [1.807, 2.05) is 4.90 Å². The predicted octanol–water partition coefficient (Wildman–Crippen LogP) is 2.16. The Labute approximate surface area is 133 Å². The lowest BCUT2D eigenvalue weighted by molar-refractivity contribution is -0.125. The molecule has 0 spiro atoms. The Hall–Kier alpha value is -1.39. The van der Waals surface area contributed by atoms with Crippen LogP contribution in [0.5, 0.6) is 0 Å². The van der Waals surface area contributed by atoms with Crippen LogP contribution in [0.25, 0.3) is 0 Å². The highest BCUT2D eigenvalue weighted by atomic mass is 16.2. The summed E-state index contributed by atoms with van der Waals surface area (Å²) in [6, 6.07) is 8.30. The molecule has 4 nitrogen and oxygen atoms in total. The lowest BCUT2D eigenvalue weighted by atomic mass is 9.90. The molecule has 2 fully saturated rings. The number of nitrogens with zero attached hydrogens (tertiary/aromatic N) is 2. The fourth-order valence-electron chi connectivity index (χ4n) is 3.67. The van der Waals surface area contributed by atoms with Crippen molar-refractivity contribution in [1.29, 1.82) is 0 Å². The van der Waals surface area contributed by atoms with Gasteiger partial charge in [0.2, 0.25) is 5.91 Å². The monoisotopic (exact) mass is 301 g/mol. The van der Waals surface area contributed by atoms with Gasteiger partial charge in [-0.2, -0.15) is 0 Å². The maximum absolute atomic E-state index is 13.0. The third-order valence-electron chi connectivity index (χ3n) is 5.28. The number of likely N-dealkylation sites (tertiary alicyclic amines) is 1. The van der Waals surface area contributed by atoms with E-state index in [1.165, 1.54) is 5.56 Å². The Morgan fingerprint density at radius 1 is 1.27 bits per heavy atom. The van der Waals surface area contributed by atoms with E-state index in [0.29, 0.717) is 6.54 Å². The van der Waals surface area contributed by atoms with Gasteiger partial charge in [-0.25, -0.2) is 0 Å². The quantitative estimate of drug-likeness (QED) is 0.931. The standard InChI is InChI=1S/C18H27N3O/c1-14-5-7-15(8-6-14)21-10-3-4-16(17(21)22)20-11-9-18(2,12-19)13-20/h5-8,16H,3-4,9-13,19H2,1-2H3. The maximum atomic E-state index is 13.0. The van der Waals surface area contributed by atoms with Crippen LogP contribution in [0, 0.1) is 12.3 Å². The van der Waals surface area contributed by atoms with Crippen LogP contribution in [0.4, 0.5) is 5.69 Å². The van der Waals surface area contributed by atoms with Crippen molar-refractivity contribution >= 4 is 11.6 Å². The first-order valence-electron chi connectivity index (χ1n) is 8.35. The summed E-state index contributed by atoms with van der Waals surface area (Å²) < 4.78 is 0. The molecular weight excluding hydrogens is 274 g/mol. The molecule has 2 aliphatic rings. The van der Waals surface area contributed by atoms with E-state index in [-0.39, 0.29) is 17.4 Å². The highest BCUT2D eigenvalue weighted by molar-refractivity contribution is 5.98. The van der Waals surface area contributed by atoms with Crippen LogP contribution < -0.4 is 10.6 Å². The summed E-state index contributed by atoms with van der Waals surface area (Å²) >= 11 is 0. The lowest BCUT2D eigenvalue weighted by Crippen LogP contribution is -2.52. The van der Waals surface area contributed by atoms with E-state index in [0.717, 1.165) is 44.6 Å². The Morgan fingerprint density at radius 2 is 2.00 bits per heavy atom. The van der Waals surface area contributed by atoms with Crippen molar-refractivity contribution in [2.24, 2.45) is 11.1 Å². The van der Waals surface area contributed by atoms with E-state index in [1.54, 1.807) is 0 Å². The third-order valence-corrected chi connectivity index (χ3v) is 5.28. The zero-order valence-electron chi connectivity index (χ0n) is 13.7. The average Bonchev–Trinajstić information content (AvgIpc) is 2.92. The number of benzene rings is 1. The molecule has 1 aromatic rings. The minimum Gasteiger partial charge on any atom is -0.330 e. The van der Waals surface area contributed by atoms with Crippen LogP contribution >= 0.6 is 0 Å². The number of nitrogens with two attached hydrogens (primary N) is 1. The SMILES string of the molecule is Cc1ccc(N2CCCC(N3CCC(C)(CN)C3)C2=O)cc1. The first-order valence-corrected chi connectivity index (χ1v) is 8.35. The molecule has 22 heavy (non-hydrogen) atoms. The van der Waals surface area contributed by atoms with Crippen molar-refractivity contribution in [3.8, 4) is 0 Å². The second-order valence-corrected chi connectivity index (χ2v) is 7.22. The first-order chi connectivity index (χ1) is 10.5. The molecule has 2 unspecified atom stereocenters. The van der Waals surface area contributed by atoms with Crippen LogP contribution in [0.2, 0.25) is 0 Å². The number of aryl methyl sites for hydroxylation is 1. The molecule has 0 aliphatic carbocycles. The average molecular weight is 301 g/mol. The molecule has 0 bridgehead atoms. The molecule has 3 rings (SSSR count). The van der Waals surface area contributed by atoms with Crippen LogP contribution in [0.3, 0.4) is 0 Å². The van der Waals surface area contributed by atoms with Gasteiger partial charge in [0.25, 0.3) is 0 Å². The molecule has 2 N–H and O–H groups in total. The summed E-state index contributed by atoms with van der Waals surface area (Å²) in [5.74, 6) is 0.261. The maximum Gasteiger partial charge on any atom is 0.244 e. The molecule has 0 aromatic heterocycles. The summed E-state index contributed by atoms with van der Waals surface area (Å²) in [6.07, 6.45) is 3.14. The van der Waals surface area contributed by atoms with E-state index < -0.39 is 0 Å². The summed E-state index contributed by atoms with van der Waals surface area (Å²) in [6.45, 7) is 7.78. The summed E-state index contributed by atoms with van der Waals surface area (Å²) in [5, 5.41) is 0. The molecule has 4 heteroatoms. The van der Waals surface area contributed by atoms with Crippen molar-refractivity contribution in [3.05, 3.63) is 29.8 Å². The Morgan fingerprint density at radius 3 is 2.64 bits per heavy atom. The second kappa shape index (κ2) is 6.01.